The van der Waals surface area contributed by atoms with Crippen LogP contribution in [0.2, 0.25) is 0 Å². The predicted octanol–water partition coefficient (Wildman–Crippen LogP) is 5.00. The molecule has 0 bridgehead atoms. The molecule has 0 aliphatic heterocycles. The molecule has 1 aliphatic rings. The molecule has 7 heteroatoms. The Morgan fingerprint density at radius 3 is 2.57 bits per heavy atom. The maximum atomic E-state index is 13.2. The third-order valence-corrected chi connectivity index (χ3v) is 7.03. The molecule has 2 aromatic rings. The van der Waals surface area contributed by atoms with Crippen molar-refractivity contribution in [3.8, 4) is 5.75 Å². The van der Waals surface area contributed by atoms with Crippen molar-refractivity contribution in [3.05, 3.63) is 47.8 Å². The number of nitrogens with zero attached hydrogens (tertiary/aromatic N) is 3. The van der Waals surface area contributed by atoms with E-state index in [1.54, 1.807) is 7.11 Å². The number of hydrogen-bond acceptors (Lipinski definition) is 5. The molecule has 0 radical (unpaired) electrons. The van der Waals surface area contributed by atoms with Gasteiger partial charge in [0.05, 0.1) is 19.2 Å². The van der Waals surface area contributed by atoms with Crippen LogP contribution in [0.3, 0.4) is 0 Å². The molecule has 3 rings (SSSR count). The van der Waals surface area contributed by atoms with Crippen LogP contribution in [0.4, 0.5) is 0 Å². The van der Waals surface area contributed by atoms with Crippen LogP contribution in [0, 0.1) is 0 Å². The number of rotatable bonds is 15. The van der Waals surface area contributed by atoms with E-state index in [1.807, 2.05) is 36.5 Å². The number of carbonyl (C=O) groups is 1. The minimum atomic E-state index is 0.181. The van der Waals surface area contributed by atoms with Gasteiger partial charge in [-0.3, -0.25) is 9.89 Å². The normalized spacial score (nSPS) is 18.1. The molecule has 194 valence electrons. The summed E-state index contributed by atoms with van der Waals surface area (Å²) in [6, 6.07) is 9.98. The number of unbranched alkanes of at least 4 members (excludes halogenated alkanes) is 1. The Morgan fingerprint density at radius 2 is 1.86 bits per heavy atom. The third kappa shape index (κ3) is 8.65. The summed E-state index contributed by atoms with van der Waals surface area (Å²) in [5.74, 6) is 1.48. The second-order valence-corrected chi connectivity index (χ2v) is 9.75. The molecule has 1 fully saturated rings. The Labute approximate surface area is 211 Å². The van der Waals surface area contributed by atoms with Crippen molar-refractivity contribution < 1.29 is 14.3 Å². The van der Waals surface area contributed by atoms with E-state index >= 15 is 0 Å². The number of benzene rings is 1. The van der Waals surface area contributed by atoms with Crippen LogP contribution in [-0.4, -0.2) is 72.4 Å². The number of nitrogens with one attached hydrogen (secondary N) is 1. The SMILES string of the molecule is CCCCN(C)Cc1cn[nH]c1C1CCC(N(CCCOC)C(=O)CCOc2ccccc2)CC1. The topological polar surface area (TPSA) is 70.7 Å². The van der Waals surface area contributed by atoms with Gasteiger partial charge in [-0.15, -0.1) is 0 Å². The second kappa shape index (κ2) is 14.9. The van der Waals surface area contributed by atoms with Gasteiger partial charge in [-0.2, -0.15) is 5.10 Å². The van der Waals surface area contributed by atoms with E-state index in [0.717, 1.165) is 57.5 Å². The van der Waals surface area contributed by atoms with E-state index in [-0.39, 0.29) is 11.9 Å². The number of hydrogen-bond donors (Lipinski definition) is 1. The van der Waals surface area contributed by atoms with E-state index in [1.165, 1.54) is 24.1 Å². The lowest BCUT2D eigenvalue weighted by Crippen LogP contribution is -2.43. The Hall–Kier alpha value is -2.38. The second-order valence-electron chi connectivity index (χ2n) is 9.75. The fourth-order valence-corrected chi connectivity index (χ4v) is 5.08. The highest BCUT2D eigenvalue weighted by Gasteiger charge is 2.30. The maximum Gasteiger partial charge on any atom is 0.226 e. The van der Waals surface area contributed by atoms with Gasteiger partial charge in [0.25, 0.3) is 0 Å². The van der Waals surface area contributed by atoms with Crippen molar-refractivity contribution in [2.45, 2.75) is 76.8 Å². The lowest BCUT2D eigenvalue weighted by Gasteiger charge is -2.37. The molecular formula is C28H44N4O3. The predicted molar refractivity (Wildman–Crippen MR) is 140 cm³/mol. The number of carbonyl (C=O) groups excluding carboxylic acids is 1. The van der Waals surface area contributed by atoms with Crippen LogP contribution < -0.4 is 4.74 Å². The van der Waals surface area contributed by atoms with E-state index in [0.29, 0.717) is 25.6 Å². The van der Waals surface area contributed by atoms with Crippen molar-refractivity contribution in [1.29, 1.82) is 0 Å². The van der Waals surface area contributed by atoms with Crippen LogP contribution in [0.1, 0.15) is 75.5 Å². The molecule has 1 heterocycles. The Morgan fingerprint density at radius 1 is 1.09 bits per heavy atom. The fraction of sp³-hybridized carbons (Fsp3) is 0.643. The Balaban J connectivity index is 1.53. The summed E-state index contributed by atoms with van der Waals surface area (Å²) in [6.07, 6.45) is 9.88. The maximum absolute atomic E-state index is 13.2. The number of amides is 1. The summed E-state index contributed by atoms with van der Waals surface area (Å²) >= 11 is 0. The largest absolute Gasteiger partial charge is 0.493 e. The molecule has 1 saturated carbocycles. The van der Waals surface area contributed by atoms with Crippen LogP contribution in [0.25, 0.3) is 0 Å². The van der Waals surface area contributed by atoms with Gasteiger partial charge in [0, 0.05) is 50.0 Å². The van der Waals surface area contributed by atoms with Crippen LogP contribution in [-0.2, 0) is 16.1 Å². The first-order valence-corrected chi connectivity index (χ1v) is 13.3. The van der Waals surface area contributed by atoms with Crippen molar-refractivity contribution in [2.24, 2.45) is 0 Å². The lowest BCUT2D eigenvalue weighted by molar-refractivity contribution is -0.135. The third-order valence-electron chi connectivity index (χ3n) is 7.03. The molecule has 0 saturated heterocycles. The first-order chi connectivity index (χ1) is 17.1. The molecule has 0 atom stereocenters. The van der Waals surface area contributed by atoms with Gasteiger partial charge in [0.2, 0.25) is 5.91 Å². The number of methoxy groups -OCH3 is 1. The first kappa shape index (κ1) is 27.2. The monoisotopic (exact) mass is 484 g/mol. The molecule has 1 N–H and O–H groups in total. The minimum Gasteiger partial charge on any atom is -0.493 e. The molecular weight excluding hydrogens is 440 g/mol. The van der Waals surface area contributed by atoms with Crippen molar-refractivity contribution in [2.75, 3.05) is 40.5 Å². The highest BCUT2D eigenvalue weighted by molar-refractivity contribution is 5.76. The minimum absolute atomic E-state index is 0.181. The average molecular weight is 485 g/mol. The van der Waals surface area contributed by atoms with E-state index in [9.17, 15) is 4.79 Å². The number of aromatic nitrogens is 2. The van der Waals surface area contributed by atoms with Gasteiger partial charge in [-0.25, -0.2) is 0 Å². The van der Waals surface area contributed by atoms with Crippen molar-refractivity contribution in [3.63, 3.8) is 0 Å². The summed E-state index contributed by atoms with van der Waals surface area (Å²) in [4.78, 5) is 17.7. The summed E-state index contributed by atoms with van der Waals surface area (Å²) in [7, 11) is 3.90. The molecule has 0 unspecified atom stereocenters. The summed E-state index contributed by atoms with van der Waals surface area (Å²) < 4.78 is 11.0. The molecule has 1 aromatic carbocycles. The van der Waals surface area contributed by atoms with Crippen molar-refractivity contribution in [1.82, 2.24) is 20.0 Å². The zero-order valence-electron chi connectivity index (χ0n) is 21.9. The quantitative estimate of drug-likeness (QED) is 0.360. The van der Waals surface area contributed by atoms with Gasteiger partial charge in [-0.1, -0.05) is 31.5 Å². The van der Waals surface area contributed by atoms with Gasteiger partial charge < -0.3 is 19.3 Å². The van der Waals surface area contributed by atoms with Gasteiger partial charge in [-0.05, 0) is 64.3 Å². The van der Waals surface area contributed by atoms with Crippen LogP contribution in [0.15, 0.2) is 36.5 Å². The zero-order chi connectivity index (χ0) is 24.9. The Bertz CT molecular complexity index is 849. The van der Waals surface area contributed by atoms with E-state index in [4.69, 9.17) is 9.47 Å². The van der Waals surface area contributed by atoms with Crippen LogP contribution >= 0.6 is 0 Å². The standard InChI is InChI=1S/C28H44N4O3/c1-4-5-17-31(2)22-24-21-29-30-28(24)23-12-14-25(15-13-23)32(18-9-19-34-3)27(33)16-20-35-26-10-7-6-8-11-26/h6-8,10-11,21,23,25H,4-5,9,12-20,22H2,1-3H3,(H,29,30). The molecule has 35 heavy (non-hydrogen) atoms. The van der Waals surface area contributed by atoms with Crippen molar-refractivity contribution >= 4 is 5.91 Å². The number of para-hydroxylation sites is 1. The van der Waals surface area contributed by atoms with Gasteiger partial charge in [0.15, 0.2) is 0 Å². The molecule has 1 aromatic heterocycles. The fourth-order valence-electron chi connectivity index (χ4n) is 5.08. The molecule has 1 aliphatic carbocycles. The summed E-state index contributed by atoms with van der Waals surface area (Å²) in [5, 5.41) is 7.68. The number of aromatic amines is 1. The average Bonchev–Trinajstić information content (AvgIpc) is 3.34. The van der Waals surface area contributed by atoms with E-state index in [2.05, 4.69) is 34.0 Å². The Kier molecular flexibility index (Phi) is 11.6. The first-order valence-electron chi connectivity index (χ1n) is 13.3. The summed E-state index contributed by atoms with van der Waals surface area (Å²) in [6.45, 7) is 6.10. The highest BCUT2D eigenvalue weighted by atomic mass is 16.5. The smallest absolute Gasteiger partial charge is 0.226 e. The number of ether oxygens (including phenoxy) is 2. The van der Waals surface area contributed by atoms with Crippen LogP contribution in [0.5, 0.6) is 5.75 Å². The highest BCUT2D eigenvalue weighted by Crippen LogP contribution is 2.36. The summed E-state index contributed by atoms with van der Waals surface area (Å²) in [5.41, 5.74) is 2.61. The zero-order valence-corrected chi connectivity index (χ0v) is 21.9. The lowest BCUT2D eigenvalue weighted by atomic mass is 9.82. The molecule has 0 spiro atoms. The van der Waals surface area contributed by atoms with Gasteiger partial charge in [0.1, 0.15) is 5.75 Å². The molecule has 7 nitrogen and oxygen atoms in total. The van der Waals surface area contributed by atoms with Gasteiger partial charge >= 0.3 is 0 Å². The number of H-pyrrole nitrogens is 1. The molecule has 1 amide bonds. The van der Waals surface area contributed by atoms with E-state index < -0.39 is 0 Å².